The summed E-state index contributed by atoms with van der Waals surface area (Å²) < 4.78 is 42.8. The second-order valence-corrected chi connectivity index (χ2v) is 5.54. The molecule has 3 rings (SSSR count). The van der Waals surface area contributed by atoms with Gasteiger partial charge in [-0.05, 0) is 42.5 Å². The summed E-state index contributed by atoms with van der Waals surface area (Å²) >= 11 is 0. The van der Waals surface area contributed by atoms with Gasteiger partial charge < -0.3 is 10.1 Å². The Morgan fingerprint density at radius 3 is 2.41 bits per heavy atom. The number of anilines is 2. The van der Waals surface area contributed by atoms with Crippen molar-refractivity contribution in [2.45, 2.75) is 6.18 Å². The van der Waals surface area contributed by atoms with E-state index in [1.54, 1.807) is 18.2 Å². The van der Waals surface area contributed by atoms with Gasteiger partial charge in [0.1, 0.15) is 0 Å². The Morgan fingerprint density at radius 1 is 1.07 bits per heavy atom. The summed E-state index contributed by atoms with van der Waals surface area (Å²) in [5.74, 6) is -0.513. The van der Waals surface area contributed by atoms with Crippen molar-refractivity contribution in [3.8, 4) is 11.3 Å². The van der Waals surface area contributed by atoms with Crippen LogP contribution in [0, 0.1) is 0 Å². The number of hydrogen-bond acceptors (Lipinski definition) is 5. The highest BCUT2D eigenvalue weighted by atomic mass is 19.4. The molecule has 0 aliphatic carbocycles. The van der Waals surface area contributed by atoms with Crippen molar-refractivity contribution in [3.63, 3.8) is 0 Å². The first-order valence-corrected chi connectivity index (χ1v) is 7.81. The highest BCUT2D eigenvalue weighted by Gasteiger charge is 2.29. The van der Waals surface area contributed by atoms with Crippen molar-refractivity contribution < 1.29 is 22.7 Å². The van der Waals surface area contributed by atoms with Crippen LogP contribution in [0.3, 0.4) is 0 Å². The van der Waals surface area contributed by atoms with E-state index in [9.17, 15) is 18.0 Å². The van der Waals surface area contributed by atoms with E-state index in [1.165, 1.54) is 37.8 Å². The Kier molecular flexibility index (Phi) is 5.07. The van der Waals surface area contributed by atoms with Crippen LogP contribution < -0.4 is 5.32 Å². The molecule has 0 bridgehead atoms. The summed E-state index contributed by atoms with van der Waals surface area (Å²) in [6, 6.07) is 9.42. The molecule has 138 valence electrons. The van der Waals surface area contributed by atoms with Gasteiger partial charge in [-0.25, -0.2) is 4.79 Å². The fourth-order valence-corrected chi connectivity index (χ4v) is 2.45. The molecule has 1 heterocycles. The molecule has 0 radical (unpaired) electrons. The predicted molar refractivity (Wildman–Crippen MR) is 93.5 cm³/mol. The number of esters is 1. The molecule has 0 aliphatic heterocycles. The molecule has 0 atom stereocenters. The number of ether oxygens (including phenoxy) is 1. The number of halogens is 3. The van der Waals surface area contributed by atoms with Crippen LogP contribution >= 0.6 is 0 Å². The zero-order valence-electron chi connectivity index (χ0n) is 14.1. The normalized spacial score (nSPS) is 11.1. The van der Waals surface area contributed by atoms with Gasteiger partial charge in [-0.1, -0.05) is 0 Å². The first kappa shape index (κ1) is 18.4. The van der Waals surface area contributed by atoms with Crippen molar-refractivity contribution in [2.75, 3.05) is 12.4 Å². The molecule has 1 aromatic heterocycles. The third-order valence-corrected chi connectivity index (χ3v) is 3.77. The predicted octanol–water partition coefficient (Wildman–Crippen LogP) is 4.69. The monoisotopic (exact) mass is 373 g/mol. The molecule has 0 amide bonds. The van der Waals surface area contributed by atoms with E-state index in [0.29, 0.717) is 28.2 Å². The lowest BCUT2D eigenvalue weighted by molar-refractivity contribution is -0.137. The minimum absolute atomic E-state index is 0.316. The molecule has 27 heavy (non-hydrogen) atoms. The number of carbonyl (C=O) groups is 1. The summed E-state index contributed by atoms with van der Waals surface area (Å²) in [6.07, 6.45) is 0.137. The Morgan fingerprint density at radius 2 is 1.81 bits per heavy atom. The van der Waals surface area contributed by atoms with Crippen LogP contribution in [-0.2, 0) is 10.9 Å². The van der Waals surface area contributed by atoms with Gasteiger partial charge in [0.2, 0.25) is 0 Å². The van der Waals surface area contributed by atoms with Crippen LogP contribution in [0.2, 0.25) is 0 Å². The van der Waals surface area contributed by atoms with Crippen molar-refractivity contribution >= 4 is 17.3 Å². The average Bonchev–Trinajstić information content (AvgIpc) is 2.68. The molecule has 2 aromatic carbocycles. The van der Waals surface area contributed by atoms with Crippen LogP contribution in [0.25, 0.3) is 11.3 Å². The van der Waals surface area contributed by atoms with Gasteiger partial charge in [0.05, 0.1) is 30.1 Å². The number of methoxy groups -OCH3 is 1. The van der Waals surface area contributed by atoms with E-state index in [1.807, 2.05) is 0 Å². The SMILES string of the molecule is COC(=O)c1ccc(Nc2ccc(C(F)(F)F)cc2)c(-c2cnccn2)c1. The van der Waals surface area contributed by atoms with E-state index >= 15 is 0 Å². The maximum absolute atomic E-state index is 12.7. The Bertz CT molecular complexity index is 943. The van der Waals surface area contributed by atoms with Gasteiger partial charge in [0.25, 0.3) is 0 Å². The molecular formula is C19H14F3N3O2. The van der Waals surface area contributed by atoms with Crippen molar-refractivity contribution in [1.29, 1.82) is 0 Å². The van der Waals surface area contributed by atoms with Crippen LogP contribution in [0.15, 0.2) is 61.1 Å². The number of aromatic nitrogens is 2. The van der Waals surface area contributed by atoms with Crippen LogP contribution in [-0.4, -0.2) is 23.0 Å². The molecule has 0 saturated heterocycles. The van der Waals surface area contributed by atoms with Crippen molar-refractivity contribution in [2.24, 2.45) is 0 Å². The fraction of sp³-hybridized carbons (Fsp3) is 0.105. The van der Waals surface area contributed by atoms with Gasteiger partial charge in [-0.15, -0.1) is 0 Å². The lowest BCUT2D eigenvalue weighted by Gasteiger charge is -2.14. The number of alkyl halides is 3. The third-order valence-electron chi connectivity index (χ3n) is 3.77. The lowest BCUT2D eigenvalue weighted by Crippen LogP contribution is -2.05. The van der Waals surface area contributed by atoms with Gasteiger partial charge in [0, 0.05) is 29.3 Å². The molecule has 0 unspecified atom stereocenters. The second kappa shape index (κ2) is 7.45. The quantitative estimate of drug-likeness (QED) is 0.672. The number of nitrogens with one attached hydrogen (secondary N) is 1. The average molecular weight is 373 g/mol. The largest absolute Gasteiger partial charge is 0.465 e. The smallest absolute Gasteiger partial charge is 0.416 e. The Labute approximate surface area is 152 Å². The first-order chi connectivity index (χ1) is 12.9. The van der Waals surface area contributed by atoms with Gasteiger partial charge in [-0.3, -0.25) is 9.97 Å². The molecule has 3 aromatic rings. The third kappa shape index (κ3) is 4.22. The summed E-state index contributed by atoms with van der Waals surface area (Å²) in [4.78, 5) is 20.0. The molecule has 5 nitrogen and oxygen atoms in total. The summed E-state index contributed by atoms with van der Waals surface area (Å²) in [6.45, 7) is 0. The summed E-state index contributed by atoms with van der Waals surface area (Å²) in [5.41, 5.74) is 1.66. The van der Waals surface area contributed by atoms with E-state index in [2.05, 4.69) is 15.3 Å². The number of benzene rings is 2. The van der Waals surface area contributed by atoms with Gasteiger partial charge >= 0.3 is 12.1 Å². The van der Waals surface area contributed by atoms with Gasteiger partial charge in [-0.2, -0.15) is 13.2 Å². The summed E-state index contributed by atoms with van der Waals surface area (Å²) in [7, 11) is 1.28. The Hall–Kier alpha value is -3.42. The standard InChI is InChI=1S/C19H14F3N3O2/c1-27-18(26)12-2-7-16(15(10-12)17-11-23-8-9-24-17)25-14-5-3-13(4-6-14)19(20,21)22/h2-11,25H,1H3. The molecule has 0 aliphatic rings. The second-order valence-electron chi connectivity index (χ2n) is 5.54. The molecule has 1 N–H and O–H groups in total. The topological polar surface area (TPSA) is 64.1 Å². The first-order valence-electron chi connectivity index (χ1n) is 7.81. The van der Waals surface area contributed by atoms with E-state index < -0.39 is 17.7 Å². The minimum atomic E-state index is -4.40. The molecule has 8 heteroatoms. The highest BCUT2D eigenvalue weighted by molar-refractivity contribution is 5.93. The molecular weight excluding hydrogens is 359 g/mol. The zero-order valence-corrected chi connectivity index (χ0v) is 14.1. The molecule has 0 spiro atoms. The number of rotatable bonds is 4. The van der Waals surface area contributed by atoms with E-state index in [4.69, 9.17) is 4.74 Å². The molecule has 0 fully saturated rings. The number of hydrogen-bond donors (Lipinski definition) is 1. The fourth-order valence-electron chi connectivity index (χ4n) is 2.45. The van der Waals surface area contributed by atoms with E-state index in [-0.39, 0.29) is 0 Å². The highest BCUT2D eigenvalue weighted by Crippen LogP contribution is 2.33. The Balaban J connectivity index is 1.98. The van der Waals surface area contributed by atoms with Crippen molar-refractivity contribution in [1.82, 2.24) is 9.97 Å². The maximum Gasteiger partial charge on any atom is 0.416 e. The van der Waals surface area contributed by atoms with E-state index in [0.717, 1.165) is 12.1 Å². The number of nitrogens with zero attached hydrogens (tertiary/aromatic N) is 2. The minimum Gasteiger partial charge on any atom is -0.465 e. The van der Waals surface area contributed by atoms with Gasteiger partial charge in [0.15, 0.2) is 0 Å². The van der Waals surface area contributed by atoms with Crippen LogP contribution in [0.1, 0.15) is 15.9 Å². The molecule has 0 saturated carbocycles. The summed E-state index contributed by atoms with van der Waals surface area (Å²) in [5, 5.41) is 3.05. The number of carbonyl (C=O) groups excluding carboxylic acids is 1. The lowest BCUT2D eigenvalue weighted by atomic mass is 10.1. The zero-order chi connectivity index (χ0) is 19.4. The van der Waals surface area contributed by atoms with Crippen molar-refractivity contribution in [3.05, 3.63) is 72.2 Å². The maximum atomic E-state index is 12.7. The van der Waals surface area contributed by atoms with Crippen LogP contribution in [0.5, 0.6) is 0 Å². The van der Waals surface area contributed by atoms with Crippen LogP contribution in [0.4, 0.5) is 24.5 Å².